The molecule has 0 aliphatic rings. The number of rotatable bonds is 6. The lowest BCUT2D eigenvalue weighted by molar-refractivity contribution is -0.0498. The van der Waals surface area contributed by atoms with Crippen LogP contribution >= 0.6 is 0 Å². The number of nitriles is 1. The second-order valence-electron chi connectivity index (χ2n) is 5.76. The minimum absolute atomic E-state index is 0.0353. The van der Waals surface area contributed by atoms with Gasteiger partial charge in [-0.25, -0.2) is 4.99 Å². The predicted molar refractivity (Wildman–Crippen MR) is 99.2 cm³/mol. The molecule has 3 aromatic heterocycles. The molecule has 144 valence electrons. The fourth-order valence-electron chi connectivity index (χ4n) is 2.72. The number of halogens is 2. The summed E-state index contributed by atoms with van der Waals surface area (Å²) >= 11 is 0. The summed E-state index contributed by atoms with van der Waals surface area (Å²) in [7, 11) is 0. The van der Waals surface area contributed by atoms with E-state index in [1.165, 1.54) is 30.9 Å². The fraction of sp³-hybridized carbons (Fsp3) is 0.0476. The molecule has 3 heterocycles. The number of aliphatic imine (C=N–C) groups is 1. The van der Waals surface area contributed by atoms with Crippen molar-refractivity contribution in [2.45, 2.75) is 6.61 Å². The molecule has 4 aromatic rings. The van der Waals surface area contributed by atoms with Crippen LogP contribution in [0.2, 0.25) is 0 Å². The molecule has 0 spiro atoms. The molecule has 4 rings (SSSR count). The van der Waals surface area contributed by atoms with Gasteiger partial charge in [-0.15, -0.1) is 0 Å². The molecule has 8 heteroatoms. The zero-order valence-corrected chi connectivity index (χ0v) is 14.7. The van der Waals surface area contributed by atoms with Gasteiger partial charge in [-0.1, -0.05) is 0 Å². The first kappa shape index (κ1) is 18.3. The van der Waals surface area contributed by atoms with Gasteiger partial charge in [0.25, 0.3) is 0 Å². The third-order valence-electron chi connectivity index (χ3n) is 3.95. The molecule has 0 saturated heterocycles. The summed E-state index contributed by atoms with van der Waals surface area (Å²) < 4.78 is 45.4. The van der Waals surface area contributed by atoms with Crippen LogP contribution < -0.4 is 4.74 Å². The number of nitrogens with zero attached hydrogens (tertiary/aromatic N) is 2. The van der Waals surface area contributed by atoms with Gasteiger partial charge in [-0.3, -0.25) is 0 Å². The van der Waals surface area contributed by atoms with E-state index in [2.05, 4.69) is 15.8 Å². The summed E-state index contributed by atoms with van der Waals surface area (Å²) in [4.78, 5) is 4.25. The van der Waals surface area contributed by atoms with E-state index in [0.29, 0.717) is 28.4 Å². The fourth-order valence-corrected chi connectivity index (χ4v) is 2.72. The monoisotopic (exact) mass is 394 g/mol. The topological polar surface area (TPSA) is 84.8 Å². The van der Waals surface area contributed by atoms with Gasteiger partial charge in [-0.2, -0.15) is 14.0 Å². The second kappa shape index (κ2) is 7.86. The van der Waals surface area contributed by atoms with Crippen molar-refractivity contribution in [3.63, 3.8) is 0 Å². The third-order valence-corrected chi connectivity index (χ3v) is 3.95. The van der Waals surface area contributed by atoms with Crippen molar-refractivity contribution in [1.29, 1.82) is 5.26 Å². The molecule has 0 fully saturated rings. The summed E-state index contributed by atoms with van der Waals surface area (Å²) in [5, 5.41) is 9.68. The van der Waals surface area contributed by atoms with Gasteiger partial charge in [0, 0.05) is 6.21 Å². The Morgan fingerprint density at radius 3 is 2.28 bits per heavy atom. The van der Waals surface area contributed by atoms with Crippen LogP contribution in [0.1, 0.15) is 11.1 Å². The van der Waals surface area contributed by atoms with Crippen molar-refractivity contribution in [3.8, 4) is 34.7 Å². The number of benzene rings is 1. The lowest BCUT2D eigenvalue weighted by atomic mass is 10.1. The van der Waals surface area contributed by atoms with Crippen LogP contribution in [0.4, 0.5) is 14.7 Å². The van der Waals surface area contributed by atoms with Gasteiger partial charge >= 0.3 is 6.61 Å². The van der Waals surface area contributed by atoms with Gasteiger partial charge in [-0.05, 0) is 54.1 Å². The average Bonchev–Trinajstić information content (AvgIpc) is 3.46. The van der Waals surface area contributed by atoms with Crippen molar-refractivity contribution in [3.05, 3.63) is 72.2 Å². The predicted octanol–water partition coefficient (Wildman–Crippen LogP) is 6.02. The molecule has 0 saturated carbocycles. The van der Waals surface area contributed by atoms with Crippen LogP contribution in [0.3, 0.4) is 0 Å². The molecular weight excluding hydrogens is 382 g/mol. The molecule has 0 N–H and O–H groups in total. The minimum atomic E-state index is -2.89. The molecule has 0 aliphatic heterocycles. The van der Waals surface area contributed by atoms with Crippen LogP contribution in [-0.2, 0) is 0 Å². The van der Waals surface area contributed by atoms with Gasteiger partial charge in [0.15, 0.2) is 11.5 Å². The Hall–Kier alpha value is -4.12. The Morgan fingerprint density at radius 1 is 1.00 bits per heavy atom. The number of furan rings is 3. The Bertz CT molecular complexity index is 1150. The Labute approximate surface area is 163 Å². The van der Waals surface area contributed by atoms with Crippen molar-refractivity contribution in [2.75, 3.05) is 0 Å². The molecular formula is C21H12F2N2O4. The number of hydrogen-bond acceptors (Lipinski definition) is 6. The Balaban J connectivity index is 1.72. The van der Waals surface area contributed by atoms with E-state index < -0.39 is 6.61 Å². The molecule has 0 unspecified atom stereocenters. The van der Waals surface area contributed by atoms with E-state index in [4.69, 9.17) is 13.3 Å². The molecule has 0 atom stereocenters. The lowest BCUT2D eigenvalue weighted by Crippen LogP contribution is -2.01. The molecule has 6 nitrogen and oxygen atoms in total. The highest BCUT2D eigenvalue weighted by Gasteiger charge is 2.25. The zero-order chi connectivity index (χ0) is 20.2. The maximum absolute atomic E-state index is 12.2. The number of ether oxygens (including phenoxy) is 1. The summed E-state index contributed by atoms with van der Waals surface area (Å²) in [6, 6.07) is 14.8. The normalized spacial score (nSPS) is 11.2. The van der Waals surface area contributed by atoms with Crippen LogP contribution in [0.5, 0.6) is 5.75 Å². The molecule has 0 amide bonds. The number of alkyl halides is 2. The zero-order valence-electron chi connectivity index (χ0n) is 14.7. The summed E-state index contributed by atoms with van der Waals surface area (Å²) in [6.45, 7) is -2.89. The van der Waals surface area contributed by atoms with Crippen molar-refractivity contribution < 1.29 is 26.8 Å². The van der Waals surface area contributed by atoms with E-state index in [-0.39, 0.29) is 17.2 Å². The van der Waals surface area contributed by atoms with Crippen LogP contribution in [0, 0.1) is 11.3 Å². The van der Waals surface area contributed by atoms with Crippen LogP contribution in [0.25, 0.3) is 22.8 Å². The number of hydrogen-bond donors (Lipinski definition) is 0. The first-order valence-electron chi connectivity index (χ1n) is 8.39. The largest absolute Gasteiger partial charge is 0.464 e. The summed E-state index contributed by atoms with van der Waals surface area (Å²) in [6.07, 6.45) is 4.42. The second-order valence-corrected chi connectivity index (χ2v) is 5.76. The first-order valence-corrected chi connectivity index (χ1v) is 8.39. The highest BCUT2D eigenvalue weighted by molar-refractivity contribution is 5.87. The van der Waals surface area contributed by atoms with Gasteiger partial charge in [0.1, 0.15) is 23.1 Å². The maximum Gasteiger partial charge on any atom is 0.387 e. The van der Waals surface area contributed by atoms with E-state index >= 15 is 0 Å². The minimum Gasteiger partial charge on any atom is -0.464 e. The van der Waals surface area contributed by atoms with Crippen LogP contribution in [-0.4, -0.2) is 12.8 Å². The highest BCUT2D eigenvalue weighted by atomic mass is 19.3. The average molecular weight is 394 g/mol. The molecule has 1 aromatic carbocycles. The molecule has 0 radical (unpaired) electrons. The first-order chi connectivity index (χ1) is 14.2. The smallest absolute Gasteiger partial charge is 0.387 e. The van der Waals surface area contributed by atoms with Gasteiger partial charge < -0.3 is 18.0 Å². The van der Waals surface area contributed by atoms with Gasteiger partial charge in [0.2, 0.25) is 5.88 Å². The Kier molecular flexibility index (Phi) is 4.95. The Morgan fingerprint density at radius 2 is 1.69 bits per heavy atom. The molecule has 0 aliphatic carbocycles. The molecule has 0 bridgehead atoms. The van der Waals surface area contributed by atoms with E-state index in [1.54, 1.807) is 36.4 Å². The third kappa shape index (κ3) is 3.80. The summed E-state index contributed by atoms with van der Waals surface area (Å²) in [5.41, 5.74) is 1.21. The summed E-state index contributed by atoms with van der Waals surface area (Å²) in [5.74, 6) is 1.27. The molecule has 29 heavy (non-hydrogen) atoms. The van der Waals surface area contributed by atoms with Gasteiger partial charge in [0.05, 0.1) is 18.1 Å². The quantitative estimate of drug-likeness (QED) is 0.373. The van der Waals surface area contributed by atoms with Crippen molar-refractivity contribution >= 4 is 12.1 Å². The van der Waals surface area contributed by atoms with E-state index in [1.807, 2.05) is 0 Å². The highest BCUT2D eigenvalue weighted by Crippen LogP contribution is 2.42. The van der Waals surface area contributed by atoms with Crippen molar-refractivity contribution in [2.24, 2.45) is 4.99 Å². The van der Waals surface area contributed by atoms with E-state index in [9.17, 15) is 14.0 Å². The lowest BCUT2D eigenvalue weighted by Gasteiger charge is -2.03. The maximum atomic E-state index is 12.2. The van der Waals surface area contributed by atoms with E-state index in [0.717, 1.165) is 0 Å². The van der Waals surface area contributed by atoms with Crippen LogP contribution in [0.15, 0.2) is 79.3 Å². The van der Waals surface area contributed by atoms with Crippen molar-refractivity contribution in [1.82, 2.24) is 0 Å². The standard InChI is InChI=1S/C21H12F2N2O4/c22-21(23)28-14-7-5-13(6-8-14)12-25-20-15(11-24)18(16-3-1-9-26-16)19(29-20)17-4-2-10-27-17/h1-10,12,21H. The SMILES string of the molecule is N#Cc1c(N=Cc2ccc(OC(F)F)cc2)oc(-c2ccco2)c1-c1ccco1.